The van der Waals surface area contributed by atoms with E-state index in [1.54, 1.807) is 18.3 Å². The zero-order valence-corrected chi connectivity index (χ0v) is 12.5. The van der Waals surface area contributed by atoms with Crippen LogP contribution in [0, 0.1) is 0 Å². The number of rotatable bonds is 3. The van der Waals surface area contributed by atoms with Gasteiger partial charge in [-0.1, -0.05) is 41.6 Å². The number of carboxylic acid groups (broad SMARTS) is 1. The first-order valence-corrected chi connectivity index (χ1v) is 7.58. The number of fused-ring (bicyclic) bond motifs is 1. The molecule has 1 aromatic heterocycles. The van der Waals surface area contributed by atoms with Crippen molar-refractivity contribution in [3.05, 3.63) is 69.8 Å². The molecule has 0 saturated heterocycles. The van der Waals surface area contributed by atoms with Gasteiger partial charge in [0, 0.05) is 12.6 Å². The Morgan fingerprint density at radius 1 is 1.14 bits per heavy atom. The summed E-state index contributed by atoms with van der Waals surface area (Å²) in [5.41, 5.74) is 4.24. The minimum absolute atomic E-state index is 0.265. The second kappa shape index (κ2) is 5.74. The molecule has 0 spiro atoms. The molecule has 1 aromatic carbocycles. The van der Waals surface area contributed by atoms with E-state index in [-0.39, 0.29) is 5.56 Å². The van der Waals surface area contributed by atoms with Crippen molar-refractivity contribution < 1.29 is 9.90 Å². The van der Waals surface area contributed by atoms with Crippen LogP contribution in [0.4, 0.5) is 0 Å². The van der Waals surface area contributed by atoms with E-state index < -0.39 is 5.97 Å². The van der Waals surface area contributed by atoms with Crippen molar-refractivity contribution in [3.63, 3.8) is 0 Å². The molecule has 0 bridgehead atoms. The fraction of sp³-hybridized carbons (Fsp3) is 0.176. The second-order valence-electron chi connectivity index (χ2n) is 5.09. The number of pyridine rings is 1. The van der Waals surface area contributed by atoms with E-state index in [1.807, 2.05) is 6.07 Å². The van der Waals surface area contributed by atoms with Gasteiger partial charge >= 0.3 is 5.97 Å². The van der Waals surface area contributed by atoms with Crippen molar-refractivity contribution >= 4 is 17.7 Å². The topological polar surface area (TPSA) is 50.2 Å². The van der Waals surface area contributed by atoms with Crippen molar-refractivity contribution in [1.82, 2.24) is 4.98 Å². The summed E-state index contributed by atoms with van der Waals surface area (Å²) in [5.74, 6) is -0.930. The number of hydrogen-bond acceptors (Lipinski definition) is 3. The molecule has 0 radical (unpaired) electrons. The van der Waals surface area contributed by atoms with Crippen molar-refractivity contribution in [2.45, 2.75) is 24.8 Å². The first-order chi connectivity index (χ1) is 10.1. The number of carbonyl (C=O) groups is 1. The Morgan fingerprint density at radius 3 is 2.57 bits per heavy atom. The van der Waals surface area contributed by atoms with Gasteiger partial charge in [-0.2, -0.15) is 0 Å². The maximum absolute atomic E-state index is 11.3. The Kier molecular flexibility index (Phi) is 3.80. The number of aromatic nitrogens is 1. The minimum Gasteiger partial charge on any atom is -0.478 e. The van der Waals surface area contributed by atoms with Gasteiger partial charge in [0.25, 0.3) is 0 Å². The molecule has 0 amide bonds. The smallest absolute Gasteiger partial charge is 0.338 e. The van der Waals surface area contributed by atoms with E-state index in [4.69, 9.17) is 0 Å². The van der Waals surface area contributed by atoms with E-state index >= 15 is 0 Å². The van der Waals surface area contributed by atoms with Gasteiger partial charge in [-0.15, -0.1) is 0 Å². The Labute approximate surface area is 127 Å². The fourth-order valence-corrected chi connectivity index (χ4v) is 3.57. The highest BCUT2D eigenvalue weighted by Gasteiger charge is 2.19. The Balaban J connectivity index is 1.91. The van der Waals surface area contributed by atoms with Crippen molar-refractivity contribution in [2.75, 3.05) is 0 Å². The lowest BCUT2D eigenvalue weighted by Crippen LogP contribution is -2.07. The van der Waals surface area contributed by atoms with E-state index in [0.29, 0.717) is 5.03 Å². The van der Waals surface area contributed by atoms with Crippen LogP contribution in [0.2, 0.25) is 0 Å². The maximum Gasteiger partial charge on any atom is 0.338 e. The summed E-state index contributed by atoms with van der Waals surface area (Å²) in [6, 6.07) is 11.7. The summed E-state index contributed by atoms with van der Waals surface area (Å²) >= 11 is 1.48. The fourth-order valence-electron chi connectivity index (χ4n) is 2.49. The first-order valence-electron chi connectivity index (χ1n) is 6.76. The molecule has 3 rings (SSSR count). The van der Waals surface area contributed by atoms with Gasteiger partial charge in [0.2, 0.25) is 0 Å². The SMILES string of the molecule is CC1=C(Sc2ncccc2C(=O)O)Cc2ccccc2C1. The third-order valence-electron chi connectivity index (χ3n) is 3.62. The number of thioether (sulfide) groups is 1. The Bertz CT molecular complexity index is 737. The molecule has 21 heavy (non-hydrogen) atoms. The number of hydrogen-bond donors (Lipinski definition) is 1. The monoisotopic (exact) mass is 297 g/mol. The third-order valence-corrected chi connectivity index (χ3v) is 4.88. The van der Waals surface area contributed by atoms with E-state index in [2.05, 4.69) is 30.1 Å². The molecule has 0 saturated carbocycles. The van der Waals surface area contributed by atoms with Gasteiger partial charge in [-0.25, -0.2) is 9.78 Å². The average Bonchev–Trinajstić information content (AvgIpc) is 2.48. The van der Waals surface area contributed by atoms with Crippen LogP contribution < -0.4 is 0 Å². The summed E-state index contributed by atoms with van der Waals surface area (Å²) in [5, 5.41) is 9.82. The van der Waals surface area contributed by atoms with Gasteiger partial charge in [0.05, 0.1) is 5.56 Å². The predicted molar refractivity (Wildman–Crippen MR) is 83.6 cm³/mol. The Morgan fingerprint density at radius 2 is 1.86 bits per heavy atom. The molecule has 0 atom stereocenters. The lowest BCUT2D eigenvalue weighted by molar-refractivity contribution is 0.0692. The van der Waals surface area contributed by atoms with Gasteiger partial charge < -0.3 is 5.11 Å². The lowest BCUT2D eigenvalue weighted by Gasteiger charge is -2.20. The average molecular weight is 297 g/mol. The van der Waals surface area contributed by atoms with Gasteiger partial charge in [0.15, 0.2) is 0 Å². The number of benzene rings is 1. The van der Waals surface area contributed by atoms with Crippen molar-refractivity contribution in [1.29, 1.82) is 0 Å². The van der Waals surface area contributed by atoms with Crippen molar-refractivity contribution in [2.24, 2.45) is 0 Å². The van der Waals surface area contributed by atoms with Crippen LogP contribution in [0.3, 0.4) is 0 Å². The quantitative estimate of drug-likeness (QED) is 0.932. The van der Waals surface area contributed by atoms with Crippen LogP contribution in [-0.4, -0.2) is 16.1 Å². The van der Waals surface area contributed by atoms with Gasteiger partial charge in [-0.3, -0.25) is 0 Å². The van der Waals surface area contributed by atoms with Crippen LogP contribution in [-0.2, 0) is 12.8 Å². The molecule has 1 N–H and O–H groups in total. The lowest BCUT2D eigenvalue weighted by atomic mass is 9.92. The van der Waals surface area contributed by atoms with E-state index in [1.165, 1.54) is 33.4 Å². The zero-order valence-electron chi connectivity index (χ0n) is 11.7. The number of nitrogens with zero attached hydrogens (tertiary/aromatic N) is 1. The highest BCUT2D eigenvalue weighted by Crippen LogP contribution is 2.37. The molecule has 3 nitrogen and oxygen atoms in total. The minimum atomic E-state index is -0.930. The summed E-state index contributed by atoms with van der Waals surface area (Å²) in [6.45, 7) is 2.11. The Hall–Kier alpha value is -2.07. The zero-order chi connectivity index (χ0) is 14.8. The second-order valence-corrected chi connectivity index (χ2v) is 6.17. The molecule has 1 aliphatic rings. The van der Waals surface area contributed by atoms with Crippen LogP contribution in [0.15, 0.2) is 58.1 Å². The molecular formula is C17H15NO2S. The third kappa shape index (κ3) is 2.85. The standard InChI is InChI=1S/C17H15NO2S/c1-11-9-12-5-2-3-6-13(12)10-15(11)21-16-14(17(19)20)7-4-8-18-16/h2-8H,9-10H2,1H3,(H,19,20). The molecule has 106 valence electrons. The van der Waals surface area contributed by atoms with Gasteiger partial charge in [-0.05, 0) is 41.5 Å². The molecule has 2 aromatic rings. The number of aromatic carboxylic acids is 1. The first kappa shape index (κ1) is 13.9. The molecule has 1 aliphatic carbocycles. The van der Waals surface area contributed by atoms with Crippen LogP contribution in [0.1, 0.15) is 28.4 Å². The van der Waals surface area contributed by atoms with Crippen LogP contribution in [0.25, 0.3) is 0 Å². The summed E-state index contributed by atoms with van der Waals surface area (Å²) < 4.78 is 0. The highest BCUT2D eigenvalue weighted by atomic mass is 32.2. The maximum atomic E-state index is 11.3. The largest absolute Gasteiger partial charge is 0.478 e. The van der Waals surface area contributed by atoms with E-state index in [0.717, 1.165) is 12.8 Å². The summed E-state index contributed by atoms with van der Waals surface area (Å²) in [6.07, 6.45) is 3.41. The predicted octanol–water partition coefficient (Wildman–Crippen LogP) is 3.94. The molecule has 0 fully saturated rings. The van der Waals surface area contributed by atoms with Crippen LogP contribution in [0.5, 0.6) is 0 Å². The van der Waals surface area contributed by atoms with Crippen molar-refractivity contribution in [3.8, 4) is 0 Å². The molecule has 0 unspecified atom stereocenters. The molecule has 0 aliphatic heterocycles. The molecule has 1 heterocycles. The highest BCUT2D eigenvalue weighted by molar-refractivity contribution is 8.03. The van der Waals surface area contributed by atoms with E-state index in [9.17, 15) is 9.90 Å². The normalized spacial score (nSPS) is 14.0. The number of carboxylic acids is 1. The molecular weight excluding hydrogens is 282 g/mol. The van der Waals surface area contributed by atoms with Crippen LogP contribution >= 0.6 is 11.8 Å². The summed E-state index contributed by atoms with van der Waals surface area (Å²) in [4.78, 5) is 16.7. The molecule has 4 heteroatoms. The van der Waals surface area contributed by atoms with Gasteiger partial charge in [0.1, 0.15) is 5.03 Å². The summed E-state index contributed by atoms with van der Waals surface area (Å²) in [7, 11) is 0. The number of allylic oxidation sites excluding steroid dienone is 2.